The zero-order chi connectivity index (χ0) is 22.0. The number of aromatic nitrogens is 2. The molecule has 1 aliphatic rings. The molecule has 0 fully saturated rings. The Kier molecular flexibility index (Phi) is 6.16. The van der Waals surface area contributed by atoms with Gasteiger partial charge in [-0.1, -0.05) is 12.1 Å². The van der Waals surface area contributed by atoms with E-state index in [-0.39, 0.29) is 24.7 Å². The van der Waals surface area contributed by atoms with Crippen molar-refractivity contribution in [1.29, 1.82) is 0 Å². The van der Waals surface area contributed by atoms with Crippen LogP contribution in [0.1, 0.15) is 34.8 Å². The molecule has 1 aromatic carbocycles. The van der Waals surface area contributed by atoms with Gasteiger partial charge in [0.2, 0.25) is 11.7 Å². The molecule has 1 unspecified atom stereocenters. The Morgan fingerprint density at radius 1 is 1.30 bits per heavy atom. The standard InChI is InChI=1S/C20H24FN5O4/c1-12(27)25(3)11-15-18-23-16(17(28)20(30)26(18)9-8-24(15)2)19(29)22-10-13-4-6-14(21)7-5-13/h4-7,15,28H,8-11H2,1-3H3,(H,22,29). The van der Waals surface area contributed by atoms with E-state index in [4.69, 9.17) is 0 Å². The van der Waals surface area contributed by atoms with Gasteiger partial charge in [0, 0.05) is 40.2 Å². The molecule has 1 atom stereocenters. The van der Waals surface area contributed by atoms with E-state index in [0.717, 1.165) is 0 Å². The van der Waals surface area contributed by atoms with Gasteiger partial charge in [0.25, 0.3) is 11.5 Å². The molecule has 1 aliphatic heterocycles. The number of hydrogen-bond acceptors (Lipinski definition) is 6. The van der Waals surface area contributed by atoms with Crippen LogP contribution >= 0.6 is 0 Å². The minimum Gasteiger partial charge on any atom is -0.501 e. The zero-order valence-corrected chi connectivity index (χ0v) is 17.1. The summed E-state index contributed by atoms with van der Waals surface area (Å²) in [6.07, 6.45) is 0. The first kappa shape index (κ1) is 21.4. The number of fused-ring (bicyclic) bond motifs is 1. The summed E-state index contributed by atoms with van der Waals surface area (Å²) in [5, 5.41) is 12.9. The highest BCUT2D eigenvalue weighted by Gasteiger charge is 2.32. The Hall–Kier alpha value is -3.27. The number of carbonyl (C=O) groups excluding carboxylic acids is 2. The van der Waals surface area contributed by atoms with Gasteiger partial charge < -0.3 is 15.3 Å². The van der Waals surface area contributed by atoms with E-state index in [0.29, 0.717) is 24.5 Å². The Labute approximate surface area is 172 Å². The van der Waals surface area contributed by atoms with E-state index >= 15 is 0 Å². The molecular weight excluding hydrogens is 393 g/mol. The van der Waals surface area contributed by atoms with E-state index in [2.05, 4.69) is 10.3 Å². The predicted molar refractivity (Wildman–Crippen MR) is 106 cm³/mol. The van der Waals surface area contributed by atoms with Gasteiger partial charge >= 0.3 is 0 Å². The highest BCUT2D eigenvalue weighted by atomic mass is 19.1. The lowest BCUT2D eigenvalue weighted by atomic mass is 10.1. The second-order valence-electron chi connectivity index (χ2n) is 7.33. The number of aromatic hydroxyl groups is 1. The van der Waals surface area contributed by atoms with Crippen LogP contribution in [0.5, 0.6) is 5.75 Å². The highest BCUT2D eigenvalue weighted by molar-refractivity contribution is 5.94. The molecule has 0 radical (unpaired) electrons. The summed E-state index contributed by atoms with van der Waals surface area (Å²) in [7, 11) is 3.49. The predicted octanol–water partition coefficient (Wildman–Crippen LogP) is 0.483. The molecule has 2 aromatic rings. The van der Waals surface area contributed by atoms with Crippen molar-refractivity contribution in [1.82, 2.24) is 24.7 Å². The van der Waals surface area contributed by atoms with Crippen LogP contribution in [0.3, 0.4) is 0 Å². The Balaban J connectivity index is 1.90. The first-order chi connectivity index (χ1) is 14.2. The lowest BCUT2D eigenvalue weighted by Gasteiger charge is -2.36. The van der Waals surface area contributed by atoms with E-state index in [1.165, 1.54) is 40.7 Å². The molecule has 0 saturated heterocycles. The summed E-state index contributed by atoms with van der Waals surface area (Å²) in [5.41, 5.74) is -0.422. The first-order valence-corrected chi connectivity index (χ1v) is 9.47. The third-order valence-electron chi connectivity index (χ3n) is 5.25. The molecule has 30 heavy (non-hydrogen) atoms. The number of halogens is 1. The SMILES string of the molecule is CC(=O)N(C)CC1c2nc(C(=O)NCc3ccc(F)cc3)c(O)c(=O)n2CCN1C. The lowest BCUT2D eigenvalue weighted by molar-refractivity contribution is -0.128. The number of benzene rings is 1. The highest BCUT2D eigenvalue weighted by Crippen LogP contribution is 2.24. The molecular formula is C20H24FN5O4. The Morgan fingerprint density at radius 2 is 1.97 bits per heavy atom. The second kappa shape index (κ2) is 8.62. The summed E-state index contributed by atoms with van der Waals surface area (Å²) in [6.45, 7) is 2.63. The van der Waals surface area contributed by atoms with Crippen LogP contribution in [0.25, 0.3) is 0 Å². The first-order valence-electron chi connectivity index (χ1n) is 9.47. The maximum absolute atomic E-state index is 13.0. The second-order valence-corrected chi connectivity index (χ2v) is 7.33. The smallest absolute Gasteiger partial charge is 0.296 e. The van der Waals surface area contributed by atoms with Crippen molar-refractivity contribution < 1.29 is 19.1 Å². The number of hydrogen-bond donors (Lipinski definition) is 2. The Bertz CT molecular complexity index is 1020. The maximum atomic E-state index is 13.0. The third kappa shape index (κ3) is 4.33. The van der Waals surface area contributed by atoms with Gasteiger partial charge in [0.15, 0.2) is 5.69 Å². The van der Waals surface area contributed by atoms with Crippen LogP contribution in [0.4, 0.5) is 4.39 Å². The topological polar surface area (TPSA) is 108 Å². The van der Waals surface area contributed by atoms with Crippen molar-refractivity contribution >= 4 is 11.8 Å². The fourth-order valence-electron chi connectivity index (χ4n) is 3.28. The molecule has 1 aromatic heterocycles. The van der Waals surface area contributed by atoms with E-state index in [1.54, 1.807) is 7.05 Å². The molecule has 160 valence electrons. The summed E-state index contributed by atoms with van der Waals surface area (Å²) >= 11 is 0. The fourth-order valence-corrected chi connectivity index (χ4v) is 3.28. The summed E-state index contributed by atoms with van der Waals surface area (Å²) in [5.74, 6) is -1.66. The van der Waals surface area contributed by atoms with Crippen molar-refractivity contribution in [2.75, 3.05) is 27.2 Å². The monoisotopic (exact) mass is 417 g/mol. The number of nitrogens with one attached hydrogen (secondary N) is 1. The number of amides is 2. The van der Waals surface area contributed by atoms with Crippen LogP contribution in [0.15, 0.2) is 29.1 Å². The maximum Gasteiger partial charge on any atom is 0.296 e. The number of rotatable bonds is 5. The van der Waals surface area contributed by atoms with Gasteiger partial charge in [-0.15, -0.1) is 0 Å². The summed E-state index contributed by atoms with van der Waals surface area (Å²) in [4.78, 5) is 44.7. The molecule has 2 N–H and O–H groups in total. The van der Waals surface area contributed by atoms with Gasteiger partial charge in [0.1, 0.15) is 11.6 Å². The van der Waals surface area contributed by atoms with Gasteiger partial charge in [-0.3, -0.25) is 23.9 Å². The van der Waals surface area contributed by atoms with Crippen molar-refractivity contribution in [2.24, 2.45) is 0 Å². The summed E-state index contributed by atoms with van der Waals surface area (Å²) < 4.78 is 14.4. The van der Waals surface area contributed by atoms with Gasteiger partial charge in [-0.05, 0) is 24.7 Å². The van der Waals surface area contributed by atoms with Gasteiger partial charge in [-0.2, -0.15) is 0 Å². The average molecular weight is 417 g/mol. The van der Waals surface area contributed by atoms with Crippen molar-refractivity contribution in [3.05, 3.63) is 57.5 Å². The minimum absolute atomic E-state index is 0.0784. The molecule has 9 nitrogen and oxygen atoms in total. The Morgan fingerprint density at radius 3 is 2.60 bits per heavy atom. The number of carbonyl (C=O) groups is 2. The number of nitrogens with zero attached hydrogens (tertiary/aromatic N) is 4. The average Bonchev–Trinajstić information content (AvgIpc) is 2.71. The molecule has 0 spiro atoms. The molecule has 2 amide bonds. The van der Waals surface area contributed by atoms with Gasteiger partial charge in [-0.25, -0.2) is 9.37 Å². The van der Waals surface area contributed by atoms with Crippen molar-refractivity contribution in [3.63, 3.8) is 0 Å². The third-order valence-corrected chi connectivity index (χ3v) is 5.25. The van der Waals surface area contributed by atoms with E-state index < -0.39 is 29.1 Å². The largest absolute Gasteiger partial charge is 0.501 e. The fraction of sp³-hybridized carbons (Fsp3) is 0.400. The lowest BCUT2D eigenvalue weighted by Crippen LogP contribution is -2.46. The van der Waals surface area contributed by atoms with Crippen LogP contribution in [0.2, 0.25) is 0 Å². The van der Waals surface area contributed by atoms with Crippen LogP contribution in [-0.2, 0) is 17.9 Å². The van der Waals surface area contributed by atoms with E-state index in [1.807, 2.05) is 11.9 Å². The molecule has 2 heterocycles. The van der Waals surface area contributed by atoms with Crippen molar-refractivity contribution in [3.8, 4) is 5.75 Å². The summed E-state index contributed by atoms with van der Waals surface area (Å²) in [6, 6.07) is 5.17. The molecule has 0 bridgehead atoms. The van der Waals surface area contributed by atoms with Crippen LogP contribution < -0.4 is 10.9 Å². The molecule has 0 aliphatic carbocycles. The van der Waals surface area contributed by atoms with E-state index in [9.17, 15) is 23.9 Å². The molecule has 3 rings (SSSR count). The normalized spacial score (nSPS) is 16.1. The molecule has 10 heteroatoms. The quantitative estimate of drug-likeness (QED) is 0.733. The van der Waals surface area contributed by atoms with Crippen LogP contribution in [-0.4, -0.2) is 63.5 Å². The minimum atomic E-state index is -0.724. The van der Waals surface area contributed by atoms with Crippen molar-refractivity contribution in [2.45, 2.75) is 26.1 Å². The number of likely N-dealkylation sites (N-methyl/N-ethyl adjacent to an activating group) is 2. The van der Waals surface area contributed by atoms with Gasteiger partial charge in [0.05, 0.1) is 6.04 Å². The molecule has 0 saturated carbocycles. The van der Waals surface area contributed by atoms with Crippen LogP contribution in [0, 0.1) is 5.82 Å². The zero-order valence-electron chi connectivity index (χ0n) is 17.1.